The van der Waals surface area contributed by atoms with E-state index in [4.69, 9.17) is 30.0 Å². The predicted octanol–water partition coefficient (Wildman–Crippen LogP) is -8.05. The van der Waals surface area contributed by atoms with Crippen molar-refractivity contribution in [2.24, 2.45) is 0 Å². The van der Waals surface area contributed by atoms with Crippen LogP contribution in [0.2, 0.25) is 0 Å². The van der Waals surface area contributed by atoms with E-state index in [0.29, 0.717) is 0 Å². The molecule has 0 aromatic carbocycles. The zero-order valence-electron chi connectivity index (χ0n) is 6.23. The van der Waals surface area contributed by atoms with Crippen molar-refractivity contribution in [2.75, 3.05) is 0 Å². The molecule has 0 radical (unpaired) electrons. The molecule has 0 unspecified atom stereocenters. The van der Waals surface area contributed by atoms with Crippen LogP contribution in [0.4, 0.5) is 9.59 Å². The molecule has 5 N–H and O–H groups in total. The zero-order valence-corrected chi connectivity index (χ0v) is 10.2. The molecule has 0 amide bonds. The van der Waals surface area contributed by atoms with E-state index in [-0.39, 0.29) is 65.3 Å². The molecule has 0 saturated heterocycles. The Labute approximate surface area is 107 Å². The average molecular weight is 185 g/mol. The molecule has 0 rings (SSSR count). The second kappa shape index (κ2) is 22.4. The minimum Gasteiger partial charge on any atom is -0.565 e. The van der Waals surface area contributed by atoms with Gasteiger partial charge < -0.3 is 36.2 Å². The van der Waals surface area contributed by atoms with Gasteiger partial charge in [0.15, 0.2) is 0 Å². The van der Waals surface area contributed by atoms with Crippen molar-refractivity contribution in [3.63, 3.8) is 0 Å². The topological polar surface area (TPSA) is 156 Å². The Bertz CT molecular complexity index is 76.6. The van der Waals surface area contributed by atoms with E-state index in [1.54, 1.807) is 0 Å². The maximum atomic E-state index is 8.44. The fraction of sp³-hybridized carbons (Fsp3) is 0. The molecule has 0 saturated carbocycles. The second-order valence-electron chi connectivity index (χ2n) is 0.532. The molecule has 0 fully saturated rings. The summed E-state index contributed by atoms with van der Waals surface area (Å²) in [5, 5.41) is 30.6. The molecule has 9 heteroatoms. The molecular weight excluding hydrogens is 180 g/mol. The van der Waals surface area contributed by atoms with Gasteiger partial charge in [-0.3, -0.25) is 0 Å². The molecule has 7 nitrogen and oxygen atoms in total. The van der Waals surface area contributed by atoms with Gasteiger partial charge in [-0.05, 0) is 0 Å². The summed E-state index contributed by atoms with van der Waals surface area (Å²) in [6, 6.07) is 0. The fourth-order valence-corrected chi connectivity index (χ4v) is 0. The number of carboxylic acid groups (broad SMARTS) is 4. The summed E-state index contributed by atoms with van der Waals surface area (Å²) < 4.78 is 0. The van der Waals surface area contributed by atoms with Crippen LogP contribution in [0, 0.1) is 0 Å². The minimum absolute atomic E-state index is 0. The molecule has 0 heterocycles. The summed E-state index contributed by atoms with van der Waals surface area (Å²) in [7, 11) is 0. The van der Waals surface area contributed by atoms with Crippen molar-refractivity contribution in [1.29, 1.82) is 0 Å². The van der Waals surface area contributed by atoms with E-state index in [1.165, 1.54) is 0 Å². The minimum atomic E-state index is -2.08. The van der Waals surface area contributed by atoms with E-state index in [2.05, 4.69) is 0 Å². The van der Waals surface area contributed by atoms with Crippen LogP contribution in [0.15, 0.2) is 0 Å². The first-order valence-electron chi connectivity index (χ1n) is 1.26. The quantitative estimate of drug-likeness (QED) is 0.316. The summed E-state index contributed by atoms with van der Waals surface area (Å²) in [5.74, 6) is 0. The molecule has 0 aliphatic heterocycles. The number of hydrogen-bond donors (Lipinski definition) is 3. The van der Waals surface area contributed by atoms with Crippen molar-refractivity contribution >= 4 is 12.3 Å². The Morgan fingerprint density at radius 3 is 0.909 bits per heavy atom. The van der Waals surface area contributed by atoms with Gasteiger partial charge in [0, 0.05) is 0 Å². The summed E-state index contributed by atoms with van der Waals surface area (Å²) in [6.45, 7) is 0. The fourth-order valence-electron chi connectivity index (χ4n) is 0. The van der Waals surface area contributed by atoms with Crippen LogP contribution in [0.3, 0.4) is 0 Å². The number of rotatable bonds is 0. The number of carbonyl (C=O) groups is 2. The molecule has 0 spiro atoms. The third kappa shape index (κ3) is 3030. The second-order valence-corrected chi connectivity index (χ2v) is 0.532. The standard InChI is InChI=1S/2CH2O3.H3N.2Na/c2*2-1(3)4;;;/h2*(H2,2,3,4);1H3;;/q;;;2*+1/p-2. The third-order valence-corrected chi connectivity index (χ3v) is 0. The van der Waals surface area contributed by atoms with Crippen LogP contribution in [-0.2, 0) is 0 Å². The number of hydrogen-bond acceptors (Lipinski definition) is 5. The van der Waals surface area contributed by atoms with Gasteiger partial charge in [0.2, 0.25) is 12.3 Å². The Morgan fingerprint density at radius 1 is 0.909 bits per heavy atom. The molecule has 56 valence electrons. The molecule has 0 aliphatic rings. The Hall–Kier alpha value is 0.500. The van der Waals surface area contributed by atoms with E-state index in [9.17, 15) is 0 Å². The molecule has 0 bridgehead atoms. The molecule has 0 aliphatic carbocycles. The first kappa shape index (κ1) is 30.0. The Morgan fingerprint density at radius 2 is 0.909 bits per heavy atom. The van der Waals surface area contributed by atoms with Gasteiger partial charge >= 0.3 is 59.1 Å². The van der Waals surface area contributed by atoms with Crippen LogP contribution in [0.1, 0.15) is 0 Å². The van der Waals surface area contributed by atoms with Crippen LogP contribution in [-0.4, -0.2) is 22.5 Å². The first-order valence-corrected chi connectivity index (χ1v) is 1.26. The van der Waals surface area contributed by atoms with E-state index >= 15 is 0 Å². The van der Waals surface area contributed by atoms with Crippen LogP contribution in [0.25, 0.3) is 0 Å². The smallest absolute Gasteiger partial charge is 0.565 e. The van der Waals surface area contributed by atoms with Crippen molar-refractivity contribution in [3.8, 4) is 0 Å². The Balaban J connectivity index is -0.0000000171. The third-order valence-electron chi connectivity index (χ3n) is 0. The van der Waals surface area contributed by atoms with Crippen molar-refractivity contribution in [3.05, 3.63) is 0 Å². The van der Waals surface area contributed by atoms with Gasteiger partial charge in [0.25, 0.3) is 0 Å². The normalized spacial score (nSPS) is 4.36. The largest absolute Gasteiger partial charge is 1.00 e. The monoisotopic (exact) mass is 185 g/mol. The van der Waals surface area contributed by atoms with Gasteiger partial charge in [-0.1, -0.05) is 0 Å². The summed E-state index contributed by atoms with van der Waals surface area (Å²) in [6.07, 6.45) is -4.17. The van der Waals surface area contributed by atoms with Crippen LogP contribution < -0.4 is 75.5 Å². The molecule has 0 aromatic heterocycles. The zero-order chi connectivity index (χ0) is 7.15. The van der Waals surface area contributed by atoms with Crippen LogP contribution >= 0.6 is 0 Å². The summed E-state index contributed by atoms with van der Waals surface area (Å²) in [4.78, 5) is 16.9. The van der Waals surface area contributed by atoms with E-state index < -0.39 is 12.3 Å². The van der Waals surface area contributed by atoms with Gasteiger partial charge in [-0.15, -0.1) is 0 Å². The van der Waals surface area contributed by atoms with Crippen molar-refractivity contribution in [2.45, 2.75) is 0 Å². The van der Waals surface area contributed by atoms with Gasteiger partial charge in [0.05, 0.1) is 0 Å². The predicted molar refractivity (Wildman–Crippen MR) is 21.1 cm³/mol. The SMILES string of the molecule is N.O=C([O-])O.O=C([O-])O.[Na+].[Na+]. The van der Waals surface area contributed by atoms with E-state index in [0.717, 1.165) is 0 Å². The molecular formula is C2H5NNa2O6. The summed E-state index contributed by atoms with van der Waals surface area (Å²) >= 11 is 0. The van der Waals surface area contributed by atoms with Gasteiger partial charge in [-0.2, -0.15) is 0 Å². The average Bonchev–Trinajstić information content (AvgIpc) is 1.25. The maximum absolute atomic E-state index is 8.44. The van der Waals surface area contributed by atoms with E-state index in [1.807, 2.05) is 0 Å². The van der Waals surface area contributed by atoms with Crippen molar-refractivity contribution < 1.29 is 89.1 Å². The van der Waals surface area contributed by atoms with Crippen LogP contribution in [0.5, 0.6) is 0 Å². The molecule has 11 heavy (non-hydrogen) atoms. The Kier molecular flexibility index (Phi) is 61.2. The maximum Gasteiger partial charge on any atom is 1.00 e. The summed E-state index contributed by atoms with van der Waals surface area (Å²) in [5.41, 5.74) is 0. The van der Waals surface area contributed by atoms with Crippen molar-refractivity contribution in [1.82, 2.24) is 6.15 Å². The first-order chi connectivity index (χ1) is 3.46. The van der Waals surface area contributed by atoms with Gasteiger partial charge in [-0.25, -0.2) is 0 Å². The molecule has 0 aromatic rings. The molecule has 0 atom stereocenters. The van der Waals surface area contributed by atoms with Gasteiger partial charge in [0.1, 0.15) is 0 Å².